The zero-order chi connectivity index (χ0) is 17.5. The smallest absolute Gasteiger partial charge is 0.331 e. The second kappa shape index (κ2) is 8.17. The highest BCUT2D eigenvalue weighted by molar-refractivity contribution is 5.84. The molecule has 25 heavy (non-hydrogen) atoms. The van der Waals surface area contributed by atoms with E-state index in [-0.39, 0.29) is 5.97 Å². The fourth-order valence-electron chi connectivity index (χ4n) is 3.46. The van der Waals surface area contributed by atoms with Gasteiger partial charge in [0.15, 0.2) is 0 Å². The Morgan fingerprint density at radius 3 is 2.24 bits per heavy atom. The molecule has 2 aromatic rings. The summed E-state index contributed by atoms with van der Waals surface area (Å²) in [6.07, 6.45) is 2.55. The minimum atomic E-state index is -0.626. The second-order valence-electron chi connectivity index (χ2n) is 6.64. The Balaban J connectivity index is 1.60. The van der Waals surface area contributed by atoms with Crippen LogP contribution >= 0.6 is 0 Å². The number of methoxy groups -OCH3 is 1. The zero-order valence-electron chi connectivity index (χ0n) is 14.8. The predicted molar refractivity (Wildman–Crippen MR) is 101 cm³/mol. The largest absolute Gasteiger partial charge is 0.467 e. The fraction of sp³-hybridized carbons (Fsp3) is 0.381. The summed E-state index contributed by atoms with van der Waals surface area (Å²) in [5.41, 5.74) is 1.69. The Hall–Kier alpha value is -2.33. The fourth-order valence-corrected chi connectivity index (χ4v) is 3.46. The number of rotatable bonds is 6. The Kier molecular flexibility index (Phi) is 5.71. The standard InChI is InChI=1S/C21H26N2O2/c1-25-20(24)21(22-19-10-6-3-7-11-19)13-16-23(17-14-21)15-12-18-8-4-2-5-9-18/h2-11,22H,12-17H2,1H3. The molecular formula is C21H26N2O2. The van der Waals surface area contributed by atoms with Crippen LogP contribution in [0.2, 0.25) is 0 Å². The number of anilines is 1. The summed E-state index contributed by atoms with van der Waals surface area (Å²) in [7, 11) is 1.47. The summed E-state index contributed by atoms with van der Waals surface area (Å²) in [6.45, 7) is 2.80. The first-order valence-electron chi connectivity index (χ1n) is 8.90. The summed E-state index contributed by atoms with van der Waals surface area (Å²) >= 11 is 0. The van der Waals surface area contributed by atoms with Crippen LogP contribution in [-0.2, 0) is 16.0 Å². The third kappa shape index (κ3) is 4.40. The number of carbonyl (C=O) groups excluding carboxylic acids is 1. The van der Waals surface area contributed by atoms with Gasteiger partial charge in [0.05, 0.1) is 7.11 Å². The van der Waals surface area contributed by atoms with Crippen LogP contribution in [0.4, 0.5) is 5.69 Å². The molecule has 4 nitrogen and oxygen atoms in total. The van der Waals surface area contributed by atoms with E-state index in [4.69, 9.17) is 4.74 Å². The summed E-state index contributed by atoms with van der Waals surface area (Å²) in [4.78, 5) is 14.9. The highest BCUT2D eigenvalue weighted by atomic mass is 16.5. The number of piperidine rings is 1. The van der Waals surface area contributed by atoms with Gasteiger partial charge in [-0.1, -0.05) is 48.5 Å². The van der Waals surface area contributed by atoms with Gasteiger partial charge in [-0.05, 0) is 37.0 Å². The lowest BCUT2D eigenvalue weighted by molar-refractivity contribution is -0.147. The lowest BCUT2D eigenvalue weighted by Crippen LogP contribution is -2.55. The maximum Gasteiger partial charge on any atom is 0.331 e. The normalized spacial score (nSPS) is 17.0. The van der Waals surface area contributed by atoms with E-state index >= 15 is 0 Å². The van der Waals surface area contributed by atoms with Gasteiger partial charge >= 0.3 is 5.97 Å². The topological polar surface area (TPSA) is 41.6 Å². The number of carbonyl (C=O) groups is 1. The van der Waals surface area contributed by atoms with E-state index in [2.05, 4.69) is 34.5 Å². The third-order valence-corrected chi connectivity index (χ3v) is 5.00. The lowest BCUT2D eigenvalue weighted by Gasteiger charge is -2.40. The molecular weight excluding hydrogens is 312 g/mol. The van der Waals surface area contributed by atoms with Crippen molar-refractivity contribution in [1.29, 1.82) is 0 Å². The molecule has 132 valence electrons. The molecule has 0 atom stereocenters. The van der Waals surface area contributed by atoms with Crippen LogP contribution in [0, 0.1) is 0 Å². The van der Waals surface area contributed by atoms with Gasteiger partial charge in [0, 0.05) is 25.3 Å². The predicted octanol–water partition coefficient (Wildman–Crippen LogP) is 3.35. The SMILES string of the molecule is COC(=O)C1(Nc2ccccc2)CCN(CCc2ccccc2)CC1. The molecule has 1 heterocycles. The van der Waals surface area contributed by atoms with Crippen LogP contribution in [-0.4, -0.2) is 43.2 Å². The van der Waals surface area contributed by atoms with Gasteiger partial charge in [-0.3, -0.25) is 0 Å². The van der Waals surface area contributed by atoms with Crippen molar-refractivity contribution in [3.63, 3.8) is 0 Å². The molecule has 1 aliphatic rings. The maximum absolute atomic E-state index is 12.5. The van der Waals surface area contributed by atoms with Crippen LogP contribution in [0.1, 0.15) is 18.4 Å². The number of nitrogens with zero attached hydrogens (tertiary/aromatic N) is 1. The Morgan fingerprint density at radius 2 is 1.64 bits per heavy atom. The molecule has 1 N–H and O–H groups in total. The molecule has 0 spiro atoms. The third-order valence-electron chi connectivity index (χ3n) is 5.00. The molecule has 0 radical (unpaired) electrons. The molecule has 1 saturated heterocycles. The van der Waals surface area contributed by atoms with Crippen molar-refractivity contribution in [3.8, 4) is 0 Å². The Labute approximate surface area is 149 Å². The summed E-state index contributed by atoms with van der Waals surface area (Å²) in [6, 6.07) is 20.4. The van der Waals surface area contributed by atoms with E-state index in [0.717, 1.165) is 44.6 Å². The van der Waals surface area contributed by atoms with Gasteiger partial charge in [-0.15, -0.1) is 0 Å². The van der Waals surface area contributed by atoms with E-state index in [1.807, 2.05) is 36.4 Å². The van der Waals surface area contributed by atoms with Crippen molar-refractivity contribution in [1.82, 2.24) is 4.90 Å². The molecule has 0 bridgehead atoms. The van der Waals surface area contributed by atoms with E-state index in [9.17, 15) is 4.79 Å². The van der Waals surface area contributed by atoms with Crippen LogP contribution in [0.5, 0.6) is 0 Å². The first-order valence-corrected chi connectivity index (χ1v) is 8.90. The van der Waals surface area contributed by atoms with Crippen LogP contribution < -0.4 is 5.32 Å². The average molecular weight is 338 g/mol. The quantitative estimate of drug-likeness (QED) is 0.820. The number of esters is 1. The number of para-hydroxylation sites is 1. The van der Waals surface area contributed by atoms with Crippen molar-refractivity contribution < 1.29 is 9.53 Å². The number of likely N-dealkylation sites (tertiary alicyclic amines) is 1. The molecule has 0 aliphatic carbocycles. The minimum Gasteiger partial charge on any atom is -0.467 e. The van der Waals surface area contributed by atoms with Gasteiger partial charge < -0.3 is 15.0 Å². The highest BCUT2D eigenvalue weighted by Gasteiger charge is 2.42. The highest BCUT2D eigenvalue weighted by Crippen LogP contribution is 2.28. The van der Waals surface area contributed by atoms with Gasteiger partial charge in [0.1, 0.15) is 5.54 Å². The monoisotopic (exact) mass is 338 g/mol. The number of hydrogen-bond acceptors (Lipinski definition) is 4. The molecule has 3 rings (SSSR count). The molecule has 1 fully saturated rings. The molecule has 4 heteroatoms. The van der Waals surface area contributed by atoms with Gasteiger partial charge in [0.25, 0.3) is 0 Å². The van der Waals surface area contributed by atoms with Crippen molar-refractivity contribution in [2.45, 2.75) is 24.8 Å². The molecule has 2 aromatic carbocycles. The molecule has 0 aromatic heterocycles. The number of benzene rings is 2. The summed E-state index contributed by atoms with van der Waals surface area (Å²) in [5.74, 6) is -0.168. The molecule has 0 amide bonds. The van der Waals surface area contributed by atoms with E-state index < -0.39 is 5.54 Å². The molecule has 0 saturated carbocycles. The molecule has 0 unspecified atom stereocenters. The first-order chi connectivity index (χ1) is 12.2. The van der Waals surface area contributed by atoms with Crippen LogP contribution in [0.25, 0.3) is 0 Å². The van der Waals surface area contributed by atoms with E-state index in [1.165, 1.54) is 12.7 Å². The van der Waals surface area contributed by atoms with Gasteiger partial charge in [-0.25, -0.2) is 4.79 Å². The number of hydrogen-bond donors (Lipinski definition) is 1. The van der Waals surface area contributed by atoms with Crippen molar-refractivity contribution in [2.24, 2.45) is 0 Å². The van der Waals surface area contributed by atoms with Crippen molar-refractivity contribution >= 4 is 11.7 Å². The van der Waals surface area contributed by atoms with Crippen LogP contribution in [0.15, 0.2) is 60.7 Å². The summed E-state index contributed by atoms with van der Waals surface area (Å²) in [5, 5.41) is 3.44. The Bertz CT molecular complexity index is 665. The summed E-state index contributed by atoms with van der Waals surface area (Å²) < 4.78 is 5.11. The van der Waals surface area contributed by atoms with Gasteiger partial charge in [0.2, 0.25) is 0 Å². The lowest BCUT2D eigenvalue weighted by atomic mass is 9.86. The van der Waals surface area contributed by atoms with E-state index in [1.54, 1.807) is 0 Å². The molecule has 1 aliphatic heterocycles. The number of ether oxygens (including phenoxy) is 1. The van der Waals surface area contributed by atoms with Crippen molar-refractivity contribution in [2.75, 3.05) is 32.1 Å². The van der Waals surface area contributed by atoms with Crippen molar-refractivity contribution in [3.05, 3.63) is 66.2 Å². The van der Waals surface area contributed by atoms with E-state index in [0.29, 0.717) is 0 Å². The average Bonchev–Trinajstić information content (AvgIpc) is 2.68. The Morgan fingerprint density at radius 1 is 1.04 bits per heavy atom. The van der Waals surface area contributed by atoms with Gasteiger partial charge in [-0.2, -0.15) is 0 Å². The minimum absolute atomic E-state index is 0.168. The second-order valence-corrected chi connectivity index (χ2v) is 6.64. The van der Waals surface area contributed by atoms with Crippen LogP contribution in [0.3, 0.4) is 0 Å². The number of nitrogens with one attached hydrogen (secondary N) is 1. The zero-order valence-corrected chi connectivity index (χ0v) is 14.8. The first kappa shape index (κ1) is 17.5. The maximum atomic E-state index is 12.5.